The molecule has 0 bridgehead atoms. The van der Waals surface area contributed by atoms with Crippen LogP contribution in [-0.2, 0) is 20.9 Å². The Hall–Kier alpha value is -3.29. The van der Waals surface area contributed by atoms with Crippen LogP contribution >= 0.6 is 0 Å². The van der Waals surface area contributed by atoms with Gasteiger partial charge in [0.1, 0.15) is 11.6 Å². The fraction of sp³-hybridized carbons (Fsp3) is 0.391. The van der Waals surface area contributed by atoms with Crippen LogP contribution in [0.25, 0.3) is 0 Å². The normalized spacial score (nSPS) is 20.5. The van der Waals surface area contributed by atoms with Gasteiger partial charge in [-0.15, -0.1) is 0 Å². The molecule has 0 spiro atoms. The average Bonchev–Trinajstić information content (AvgIpc) is 3.02. The number of aromatic nitrogens is 1. The van der Waals surface area contributed by atoms with Crippen LogP contribution in [0.2, 0.25) is 0 Å². The van der Waals surface area contributed by atoms with Crippen molar-refractivity contribution in [3.05, 3.63) is 54.0 Å². The molecule has 3 amide bonds. The summed E-state index contributed by atoms with van der Waals surface area (Å²) in [4.78, 5) is 42.8. The number of nitrogens with one attached hydrogen (secondary N) is 1. The SMILES string of the molecule is O=C(CCN1C(=O)[C@H]2CCCC[C@@H]2C1=O)NCc1cccnc1Oc1cccc(F)c1. The zero-order valence-corrected chi connectivity index (χ0v) is 17.1. The highest BCUT2D eigenvalue weighted by Gasteiger charge is 2.47. The van der Waals surface area contributed by atoms with Gasteiger partial charge in [0.2, 0.25) is 23.6 Å². The van der Waals surface area contributed by atoms with E-state index in [9.17, 15) is 18.8 Å². The highest BCUT2D eigenvalue weighted by Crippen LogP contribution is 2.38. The van der Waals surface area contributed by atoms with Gasteiger partial charge in [-0.25, -0.2) is 9.37 Å². The van der Waals surface area contributed by atoms with Crippen LogP contribution in [-0.4, -0.2) is 34.2 Å². The predicted octanol–water partition coefficient (Wildman–Crippen LogP) is 3.19. The van der Waals surface area contributed by atoms with Crippen molar-refractivity contribution in [2.45, 2.75) is 38.6 Å². The zero-order valence-electron chi connectivity index (χ0n) is 17.1. The predicted molar refractivity (Wildman–Crippen MR) is 109 cm³/mol. The molecule has 0 radical (unpaired) electrons. The van der Waals surface area contributed by atoms with Gasteiger partial charge in [-0.2, -0.15) is 0 Å². The monoisotopic (exact) mass is 425 g/mol. The molecule has 1 aromatic heterocycles. The Morgan fingerprint density at radius 3 is 2.58 bits per heavy atom. The van der Waals surface area contributed by atoms with Crippen LogP contribution in [0, 0.1) is 17.7 Å². The Labute approximate surface area is 179 Å². The van der Waals surface area contributed by atoms with Crippen molar-refractivity contribution in [2.75, 3.05) is 6.54 Å². The lowest BCUT2D eigenvalue weighted by molar-refractivity contribution is -0.140. The van der Waals surface area contributed by atoms with Crippen molar-refractivity contribution in [3.63, 3.8) is 0 Å². The Balaban J connectivity index is 1.31. The standard InChI is InChI=1S/C23H24FN3O4/c24-16-6-3-7-17(13-16)31-21-15(5-4-11-25-21)14-26-20(28)10-12-27-22(29)18-8-1-2-9-19(18)23(27)30/h3-7,11,13,18-19H,1-2,8-10,12,14H2,(H,26,28)/t18-,19-/m0/s1. The van der Waals surface area contributed by atoms with Crippen LogP contribution in [0.1, 0.15) is 37.7 Å². The van der Waals surface area contributed by atoms with E-state index in [0.29, 0.717) is 11.3 Å². The number of ether oxygens (including phenoxy) is 1. The molecule has 2 atom stereocenters. The molecule has 1 aromatic carbocycles. The maximum atomic E-state index is 13.4. The first kappa shape index (κ1) is 21.0. The number of amides is 3. The molecular formula is C23H24FN3O4. The summed E-state index contributed by atoms with van der Waals surface area (Å²) >= 11 is 0. The highest BCUT2D eigenvalue weighted by molar-refractivity contribution is 6.05. The minimum atomic E-state index is -0.422. The summed E-state index contributed by atoms with van der Waals surface area (Å²) in [6.45, 7) is 0.251. The van der Waals surface area contributed by atoms with Gasteiger partial charge in [-0.1, -0.05) is 25.0 Å². The van der Waals surface area contributed by atoms with Crippen molar-refractivity contribution >= 4 is 17.7 Å². The van der Waals surface area contributed by atoms with E-state index in [1.165, 1.54) is 23.1 Å². The van der Waals surface area contributed by atoms with Crippen molar-refractivity contribution < 1.29 is 23.5 Å². The second-order valence-electron chi connectivity index (χ2n) is 7.88. The maximum absolute atomic E-state index is 13.4. The number of imide groups is 1. The van der Waals surface area contributed by atoms with Gasteiger partial charge in [0.25, 0.3) is 0 Å². The molecule has 1 saturated carbocycles. The van der Waals surface area contributed by atoms with Gasteiger partial charge in [0.05, 0.1) is 11.8 Å². The summed E-state index contributed by atoms with van der Waals surface area (Å²) < 4.78 is 19.0. The van der Waals surface area contributed by atoms with Crippen molar-refractivity contribution in [2.24, 2.45) is 11.8 Å². The van der Waals surface area contributed by atoms with E-state index in [4.69, 9.17) is 4.74 Å². The van der Waals surface area contributed by atoms with E-state index in [-0.39, 0.29) is 54.9 Å². The number of carbonyl (C=O) groups is 3. The van der Waals surface area contributed by atoms with Gasteiger partial charge in [-0.05, 0) is 31.0 Å². The molecule has 162 valence electrons. The minimum Gasteiger partial charge on any atom is -0.439 e. The molecule has 2 fully saturated rings. The van der Waals surface area contributed by atoms with E-state index in [1.54, 1.807) is 24.4 Å². The summed E-state index contributed by atoms with van der Waals surface area (Å²) in [5, 5.41) is 2.77. The average molecular weight is 425 g/mol. The lowest BCUT2D eigenvalue weighted by atomic mass is 9.81. The maximum Gasteiger partial charge on any atom is 0.233 e. The number of likely N-dealkylation sites (tertiary alicyclic amines) is 1. The largest absolute Gasteiger partial charge is 0.439 e. The fourth-order valence-electron chi connectivity index (χ4n) is 4.24. The fourth-order valence-corrected chi connectivity index (χ4v) is 4.24. The van der Waals surface area contributed by atoms with Gasteiger partial charge in [0.15, 0.2) is 0 Å². The molecule has 4 rings (SSSR count). The third-order valence-corrected chi connectivity index (χ3v) is 5.83. The molecule has 1 saturated heterocycles. The number of halogens is 1. The topological polar surface area (TPSA) is 88.6 Å². The first-order valence-electron chi connectivity index (χ1n) is 10.5. The molecule has 0 unspecified atom stereocenters. The van der Waals surface area contributed by atoms with E-state index >= 15 is 0 Å². The van der Waals surface area contributed by atoms with Crippen LogP contribution in [0.4, 0.5) is 4.39 Å². The molecule has 2 aliphatic rings. The quantitative estimate of drug-likeness (QED) is 0.689. The number of carbonyl (C=O) groups excluding carboxylic acids is 3. The molecule has 8 heteroatoms. The number of rotatable bonds is 7. The first-order valence-corrected chi connectivity index (χ1v) is 10.5. The number of hydrogen-bond acceptors (Lipinski definition) is 5. The number of pyridine rings is 1. The van der Waals surface area contributed by atoms with Crippen LogP contribution in [0.3, 0.4) is 0 Å². The van der Waals surface area contributed by atoms with Crippen molar-refractivity contribution in [3.8, 4) is 11.6 Å². The third kappa shape index (κ3) is 4.73. The highest BCUT2D eigenvalue weighted by atomic mass is 19.1. The van der Waals surface area contributed by atoms with Gasteiger partial charge >= 0.3 is 0 Å². The van der Waals surface area contributed by atoms with Crippen LogP contribution in [0.15, 0.2) is 42.6 Å². The molecule has 7 nitrogen and oxygen atoms in total. The van der Waals surface area contributed by atoms with E-state index < -0.39 is 5.82 Å². The summed E-state index contributed by atoms with van der Waals surface area (Å²) in [5.74, 6) is -0.822. The van der Waals surface area contributed by atoms with Crippen molar-refractivity contribution in [1.82, 2.24) is 15.2 Å². The van der Waals surface area contributed by atoms with Gasteiger partial charge < -0.3 is 10.1 Å². The van der Waals surface area contributed by atoms with Gasteiger partial charge in [-0.3, -0.25) is 19.3 Å². The Bertz CT molecular complexity index is 972. The molecule has 2 aromatic rings. The minimum absolute atomic E-state index is 0.0390. The lowest BCUT2D eigenvalue weighted by Gasteiger charge is -2.19. The second kappa shape index (κ2) is 9.24. The van der Waals surface area contributed by atoms with Crippen LogP contribution < -0.4 is 10.1 Å². The Kier molecular flexibility index (Phi) is 6.25. The van der Waals surface area contributed by atoms with Crippen LogP contribution in [0.5, 0.6) is 11.6 Å². The van der Waals surface area contributed by atoms with E-state index in [2.05, 4.69) is 10.3 Å². The second-order valence-corrected chi connectivity index (χ2v) is 7.88. The number of fused-ring (bicyclic) bond motifs is 1. The van der Waals surface area contributed by atoms with Gasteiger partial charge in [0, 0.05) is 37.3 Å². The molecule has 1 aliphatic heterocycles. The number of hydrogen-bond donors (Lipinski definition) is 1. The van der Waals surface area contributed by atoms with E-state index in [1.807, 2.05) is 0 Å². The van der Waals surface area contributed by atoms with E-state index in [0.717, 1.165) is 25.7 Å². The molecule has 31 heavy (non-hydrogen) atoms. The van der Waals surface area contributed by atoms with Crippen molar-refractivity contribution in [1.29, 1.82) is 0 Å². The molecule has 2 heterocycles. The summed E-state index contributed by atoms with van der Waals surface area (Å²) in [6, 6.07) is 9.17. The first-order chi connectivity index (χ1) is 15.0. The third-order valence-electron chi connectivity index (χ3n) is 5.83. The lowest BCUT2D eigenvalue weighted by Crippen LogP contribution is -2.35. The Morgan fingerprint density at radius 1 is 1.13 bits per heavy atom. The molecule has 1 N–H and O–H groups in total. The molecular weight excluding hydrogens is 401 g/mol. The summed E-state index contributed by atoms with van der Waals surface area (Å²) in [5.41, 5.74) is 0.624. The Morgan fingerprint density at radius 2 is 1.87 bits per heavy atom. The smallest absolute Gasteiger partial charge is 0.233 e. The summed E-state index contributed by atoms with van der Waals surface area (Å²) in [7, 11) is 0. The summed E-state index contributed by atoms with van der Waals surface area (Å²) in [6.07, 6.45) is 5.04. The molecule has 1 aliphatic carbocycles. The number of benzene rings is 1. The number of nitrogens with zero attached hydrogens (tertiary/aromatic N) is 2. The zero-order chi connectivity index (χ0) is 21.8.